The van der Waals surface area contributed by atoms with Gasteiger partial charge in [0, 0.05) is 36.1 Å². The normalized spacial score (nSPS) is 25.3. The SMILES string of the molecule is Oc1cc(-n2ccnc2)ccc1-c1cnc(/C=C2/C[C@@H]3CC[C@@H](N3)[C@H]2F)nn1. The maximum absolute atomic E-state index is 14.5. The molecule has 2 fully saturated rings. The molecule has 0 saturated carbocycles. The summed E-state index contributed by atoms with van der Waals surface area (Å²) in [6.07, 6.45) is 9.94. The fourth-order valence-electron chi connectivity index (χ4n) is 3.98. The molecule has 3 atom stereocenters. The summed E-state index contributed by atoms with van der Waals surface area (Å²) < 4.78 is 16.3. The van der Waals surface area contributed by atoms with E-state index in [-0.39, 0.29) is 11.8 Å². The number of phenols is 1. The Hall–Kier alpha value is -3.13. The minimum absolute atomic E-state index is 0.0761. The van der Waals surface area contributed by atoms with E-state index in [4.69, 9.17) is 0 Å². The molecule has 0 unspecified atom stereocenters. The molecule has 0 aliphatic carbocycles. The molecule has 2 aliphatic heterocycles. The molecule has 0 radical (unpaired) electrons. The van der Waals surface area contributed by atoms with Gasteiger partial charge in [-0.2, -0.15) is 0 Å². The van der Waals surface area contributed by atoms with Crippen molar-refractivity contribution in [3.05, 3.63) is 54.5 Å². The number of halogens is 1. The molecule has 2 saturated heterocycles. The van der Waals surface area contributed by atoms with Gasteiger partial charge in [0.25, 0.3) is 0 Å². The number of phenolic OH excluding ortho intramolecular Hbond substituents is 1. The van der Waals surface area contributed by atoms with Crippen molar-refractivity contribution < 1.29 is 9.50 Å². The highest BCUT2D eigenvalue weighted by Gasteiger charge is 2.38. The smallest absolute Gasteiger partial charge is 0.174 e. The first-order chi connectivity index (χ1) is 13.7. The molecule has 2 aliphatic rings. The molecule has 7 nitrogen and oxygen atoms in total. The van der Waals surface area contributed by atoms with Crippen molar-refractivity contribution in [3.63, 3.8) is 0 Å². The Balaban J connectivity index is 1.39. The minimum Gasteiger partial charge on any atom is -0.507 e. The number of nitrogens with one attached hydrogen (secondary N) is 1. The Kier molecular flexibility index (Phi) is 4.12. The number of imidazole rings is 1. The quantitative estimate of drug-likeness (QED) is 0.728. The fraction of sp³-hybridized carbons (Fsp3) is 0.300. The summed E-state index contributed by atoms with van der Waals surface area (Å²) in [4.78, 5) is 8.30. The number of piperidine rings is 1. The van der Waals surface area contributed by atoms with Gasteiger partial charge in [-0.15, -0.1) is 10.2 Å². The first kappa shape index (κ1) is 17.0. The van der Waals surface area contributed by atoms with Crippen LogP contribution in [0.5, 0.6) is 5.75 Å². The Morgan fingerprint density at radius 1 is 1.25 bits per heavy atom. The average Bonchev–Trinajstić information content (AvgIpc) is 3.37. The van der Waals surface area contributed by atoms with E-state index < -0.39 is 6.17 Å². The van der Waals surface area contributed by atoms with Crippen LogP contribution in [0.4, 0.5) is 4.39 Å². The van der Waals surface area contributed by atoms with Crippen LogP contribution >= 0.6 is 0 Å². The van der Waals surface area contributed by atoms with Gasteiger partial charge in [-0.1, -0.05) is 0 Å². The predicted octanol–water partition coefficient (Wildman–Crippen LogP) is 2.68. The number of alkyl halides is 1. The average molecular weight is 378 g/mol. The molecule has 8 heteroatoms. The summed E-state index contributed by atoms with van der Waals surface area (Å²) in [6, 6.07) is 5.50. The first-order valence-electron chi connectivity index (χ1n) is 9.29. The van der Waals surface area contributed by atoms with Gasteiger partial charge in [-0.05, 0) is 43.0 Å². The summed E-state index contributed by atoms with van der Waals surface area (Å²) in [6.45, 7) is 0. The Morgan fingerprint density at radius 2 is 2.18 bits per heavy atom. The summed E-state index contributed by atoms with van der Waals surface area (Å²) in [5.74, 6) is 0.462. The van der Waals surface area contributed by atoms with Crippen LogP contribution in [0.1, 0.15) is 25.1 Å². The number of nitrogens with zero attached hydrogens (tertiary/aromatic N) is 5. The lowest BCUT2D eigenvalue weighted by molar-refractivity contribution is 0.270. The molecule has 1 aromatic carbocycles. The van der Waals surface area contributed by atoms with E-state index in [1.165, 1.54) is 0 Å². The molecular weight excluding hydrogens is 359 g/mol. The van der Waals surface area contributed by atoms with Crippen LogP contribution in [0, 0.1) is 0 Å². The maximum Gasteiger partial charge on any atom is 0.174 e. The molecule has 2 N–H and O–H groups in total. The lowest BCUT2D eigenvalue weighted by Crippen LogP contribution is -2.42. The third-order valence-electron chi connectivity index (χ3n) is 5.42. The molecule has 4 heterocycles. The standard InChI is InChI=1S/C20H19FN6O/c21-20-12(7-13-1-4-16(20)24-13)8-19-23-10-17(25-26-19)15-3-2-14(9-18(15)28)27-6-5-22-11-27/h2-3,5-6,8-11,13,16,20,24,28H,1,4,7H2/b12-8-/t13-,16+,20-/m0/s1. The summed E-state index contributed by atoms with van der Waals surface area (Å²) in [5, 5.41) is 22.0. The Morgan fingerprint density at radius 3 is 2.93 bits per heavy atom. The predicted molar refractivity (Wildman–Crippen MR) is 101 cm³/mol. The van der Waals surface area contributed by atoms with Gasteiger partial charge >= 0.3 is 0 Å². The second kappa shape index (κ2) is 6.79. The molecule has 28 heavy (non-hydrogen) atoms. The van der Waals surface area contributed by atoms with E-state index in [0.717, 1.165) is 24.1 Å². The Labute approximate surface area is 161 Å². The van der Waals surface area contributed by atoms with Crippen molar-refractivity contribution in [2.75, 3.05) is 0 Å². The second-order valence-corrected chi connectivity index (χ2v) is 7.25. The van der Waals surface area contributed by atoms with Crippen molar-refractivity contribution in [2.24, 2.45) is 0 Å². The summed E-state index contributed by atoms with van der Waals surface area (Å²) in [7, 11) is 0. The van der Waals surface area contributed by atoms with Gasteiger partial charge in [0.15, 0.2) is 5.82 Å². The largest absolute Gasteiger partial charge is 0.507 e. The highest BCUT2D eigenvalue weighted by atomic mass is 19.1. The number of hydrogen-bond donors (Lipinski definition) is 2. The topological polar surface area (TPSA) is 88.8 Å². The molecular formula is C20H19FN6O. The van der Waals surface area contributed by atoms with E-state index in [9.17, 15) is 9.50 Å². The molecule has 0 amide bonds. The highest BCUT2D eigenvalue weighted by molar-refractivity contribution is 5.68. The fourth-order valence-corrected chi connectivity index (χ4v) is 3.98. The molecule has 5 rings (SSSR count). The van der Waals surface area contributed by atoms with E-state index >= 15 is 0 Å². The zero-order valence-corrected chi connectivity index (χ0v) is 15.0. The number of hydrogen-bond acceptors (Lipinski definition) is 6. The van der Waals surface area contributed by atoms with E-state index in [1.807, 2.05) is 6.07 Å². The monoisotopic (exact) mass is 378 g/mol. The maximum atomic E-state index is 14.5. The first-order valence-corrected chi connectivity index (χ1v) is 9.29. The van der Waals surface area contributed by atoms with E-state index in [2.05, 4.69) is 25.5 Å². The summed E-state index contributed by atoms with van der Waals surface area (Å²) in [5.41, 5.74) is 2.51. The van der Waals surface area contributed by atoms with Crippen molar-refractivity contribution in [2.45, 2.75) is 37.5 Å². The highest BCUT2D eigenvalue weighted by Crippen LogP contribution is 2.34. The molecule has 3 aromatic rings. The summed E-state index contributed by atoms with van der Waals surface area (Å²) >= 11 is 0. The number of rotatable bonds is 3. The van der Waals surface area contributed by atoms with Gasteiger partial charge in [0.2, 0.25) is 0 Å². The third kappa shape index (κ3) is 3.05. The molecule has 142 valence electrons. The van der Waals surface area contributed by atoms with Gasteiger partial charge in [-0.3, -0.25) is 0 Å². The third-order valence-corrected chi connectivity index (χ3v) is 5.42. The van der Waals surface area contributed by atoms with Crippen LogP contribution in [-0.4, -0.2) is 48.1 Å². The lowest BCUT2D eigenvalue weighted by atomic mass is 9.96. The molecule has 2 aromatic heterocycles. The number of aromatic hydroxyl groups is 1. The van der Waals surface area contributed by atoms with Crippen molar-refractivity contribution in [1.29, 1.82) is 0 Å². The van der Waals surface area contributed by atoms with Gasteiger partial charge in [0.1, 0.15) is 17.6 Å². The van der Waals surface area contributed by atoms with Gasteiger partial charge in [-0.25, -0.2) is 14.4 Å². The minimum atomic E-state index is -0.998. The second-order valence-electron chi connectivity index (χ2n) is 7.25. The molecule has 0 spiro atoms. The van der Waals surface area contributed by atoms with E-state index in [0.29, 0.717) is 29.5 Å². The van der Waals surface area contributed by atoms with Crippen LogP contribution < -0.4 is 5.32 Å². The van der Waals surface area contributed by atoms with Crippen molar-refractivity contribution >= 4 is 6.08 Å². The van der Waals surface area contributed by atoms with Crippen LogP contribution in [0.2, 0.25) is 0 Å². The lowest BCUT2D eigenvalue weighted by Gasteiger charge is -2.27. The van der Waals surface area contributed by atoms with E-state index in [1.54, 1.807) is 47.7 Å². The zero-order chi connectivity index (χ0) is 19.1. The van der Waals surface area contributed by atoms with Crippen LogP contribution in [0.25, 0.3) is 23.0 Å². The van der Waals surface area contributed by atoms with Gasteiger partial charge < -0.3 is 15.0 Å². The Bertz CT molecular complexity index is 1020. The van der Waals surface area contributed by atoms with Crippen molar-refractivity contribution in [1.82, 2.24) is 30.0 Å². The van der Waals surface area contributed by atoms with Crippen LogP contribution in [0.15, 0.2) is 48.7 Å². The number of fused-ring (bicyclic) bond motifs is 2. The number of aromatic nitrogens is 5. The number of benzene rings is 1. The van der Waals surface area contributed by atoms with Gasteiger partial charge in [0.05, 0.1) is 18.2 Å². The van der Waals surface area contributed by atoms with Crippen LogP contribution in [-0.2, 0) is 0 Å². The molecule has 2 bridgehead atoms. The zero-order valence-electron chi connectivity index (χ0n) is 15.0. The van der Waals surface area contributed by atoms with Crippen molar-refractivity contribution in [3.8, 4) is 22.7 Å². The van der Waals surface area contributed by atoms with Crippen LogP contribution in [0.3, 0.4) is 0 Å².